The summed E-state index contributed by atoms with van der Waals surface area (Å²) in [6, 6.07) is 30.1. The van der Waals surface area contributed by atoms with Crippen molar-refractivity contribution in [3.63, 3.8) is 0 Å². The summed E-state index contributed by atoms with van der Waals surface area (Å²) in [4.78, 5) is 59.8. The minimum atomic E-state index is -1.33. The highest BCUT2D eigenvalue weighted by Gasteiger charge is 2.38. The van der Waals surface area contributed by atoms with Crippen LogP contribution >= 0.6 is 0 Å². The Morgan fingerprint density at radius 1 is 0.623 bits per heavy atom. The summed E-state index contributed by atoms with van der Waals surface area (Å²) < 4.78 is 6.04. The van der Waals surface area contributed by atoms with Crippen molar-refractivity contribution in [3.05, 3.63) is 127 Å². The van der Waals surface area contributed by atoms with E-state index in [2.05, 4.69) is 15.6 Å². The van der Waals surface area contributed by atoms with Crippen LogP contribution in [0.25, 0.3) is 22.8 Å². The van der Waals surface area contributed by atoms with Gasteiger partial charge in [0.25, 0.3) is 11.8 Å². The van der Waals surface area contributed by atoms with Gasteiger partial charge in [-0.15, -0.1) is 0 Å². The first-order chi connectivity index (χ1) is 25.8. The Morgan fingerprint density at radius 3 is 1.51 bits per heavy atom. The third-order valence-corrected chi connectivity index (χ3v) is 9.72. The average molecular weight is 714 g/mol. The molecule has 0 aliphatic carbocycles. The number of aliphatic hydroxyl groups excluding tert-OH is 2. The molecule has 0 saturated carbocycles. The normalized spacial score (nSPS) is 18.0. The lowest BCUT2D eigenvalue weighted by molar-refractivity contribution is -0.144. The number of carbonyl (C=O) groups excluding carboxylic acids is 4. The lowest BCUT2D eigenvalue weighted by Gasteiger charge is -2.26. The Morgan fingerprint density at radius 2 is 1.06 bits per heavy atom. The number of hydrogen-bond acceptors (Lipinski definition) is 8. The molecule has 2 aliphatic heterocycles. The van der Waals surface area contributed by atoms with E-state index in [9.17, 15) is 29.4 Å². The number of aliphatic hydroxyl groups is 2. The van der Waals surface area contributed by atoms with Crippen molar-refractivity contribution in [3.8, 4) is 22.8 Å². The molecule has 53 heavy (non-hydrogen) atoms. The Kier molecular flexibility index (Phi) is 10.4. The molecule has 12 nitrogen and oxygen atoms in total. The summed E-state index contributed by atoms with van der Waals surface area (Å²) in [5.74, 6) is -0.732. The van der Waals surface area contributed by atoms with Crippen molar-refractivity contribution in [2.75, 3.05) is 23.7 Å². The van der Waals surface area contributed by atoms with E-state index < -0.39 is 36.1 Å². The summed E-state index contributed by atoms with van der Waals surface area (Å²) in [5, 5.41) is 27.0. The van der Waals surface area contributed by atoms with Crippen LogP contribution in [0.4, 0.5) is 11.4 Å². The maximum atomic E-state index is 13.2. The van der Waals surface area contributed by atoms with Gasteiger partial charge in [-0.2, -0.15) is 0 Å². The molecule has 0 radical (unpaired) electrons. The fourth-order valence-corrected chi connectivity index (χ4v) is 6.88. The summed E-state index contributed by atoms with van der Waals surface area (Å²) in [5.41, 5.74) is 3.50. The molecule has 5 aromatic rings. The number of likely N-dealkylation sites (tertiary alicyclic amines) is 2. The SMILES string of the molecule is O=C(Nc1ccc(-c2cnc(-c3ccc(NC(=O)[C@@H]4CCCN4C(=O)[C@H](O)c4ccccc4)cc3)o2)cc1)[C@@H]1CCCN1C(=O)[C@H](O)c1ccccc1. The van der Waals surface area contributed by atoms with Crippen LogP contribution in [-0.4, -0.2) is 73.8 Å². The van der Waals surface area contributed by atoms with Gasteiger partial charge >= 0.3 is 0 Å². The highest BCUT2D eigenvalue weighted by Crippen LogP contribution is 2.30. The number of carbonyl (C=O) groups is 4. The highest BCUT2D eigenvalue weighted by molar-refractivity contribution is 5.99. The van der Waals surface area contributed by atoms with Crippen LogP contribution in [0, 0.1) is 0 Å². The van der Waals surface area contributed by atoms with Crippen molar-refractivity contribution in [1.82, 2.24) is 14.8 Å². The van der Waals surface area contributed by atoms with E-state index in [0.29, 0.717) is 78.5 Å². The van der Waals surface area contributed by atoms with Crippen LogP contribution in [0.15, 0.2) is 120 Å². The predicted molar refractivity (Wildman–Crippen MR) is 197 cm³/mol. The maximum absolute atomic E-state index is 13.2. The molecule has 0 spiro atoms. The zero-order chi connectivity index (χ0) is 36.9. The highest BCUT2D eigenvalue weighted by atomic mass is 16.4. The second-order valence-electron chi connectivity index (χ2n) is 13.2. The molecule has 0 unspecified atom stereocenters. The molecule has 2 fully saturated rings. The Hall–Kier alpha value is -6.11. The lowest BCUT2D eigenvalue weighted by Crippen LogP contribution is -2.45. The van der Waals surface area contributed by atoms with Gasteiger partial charge in [-0.3, -0.25) is 19.2 Å². The average Bonchev–Trinajstić information content (AvgIpc) is 4.00. The number of benzene rings is 4. The molecular weight excluding hydrogens is 674 g/mol. The summed E-state index contributed by atoms with van der Waals surface area (Å²) in [7, 11) is 0. The first kappa shape index (κ1) is 35.3. The van der Waals surface area contributed by atoms with Crippen molar-refractivity contribution in [1.29, 1.82) is 0 Å². The Balaban J connectivity index is 0.938. The molecule has 2 aliphatic rings. The van der Waals surface area contributed by atoms with Gasteiger partial charge in [0, 0.05) is 35.6 Å². The van der Waals surface area contributed by atoms with E-state index >= 15 is 0 Å². The zero-order valence-corrected chi connectivity index (χ0v) is 28.8. The van der Waals surface area contributed by atoms with E-state index in [1.807, 2.05) is 6.07 Å². The first-order valence-corrected chi connectivity index (χ1v) is 17.6. The molecular formula is C41H39N5O7. The molecule has 0 bridgehead atoms. The van der Waals surface area contributed by atoms with Crippen LogP contribution in [0.3, 0.4) is 0 Å². The van der Waals surface area contributed by atoms with Crippen molar-refractivity contribution in [2.45, 2.75) is 50.0 Å². The van der Waals surface area contributed by atoms with Crippen LogP contribution < -0.4 is 10.6 Å². The lowest BCUT2D eigenvalue weighted by atomic mass is 10.1. The van der Waals surface area contributed by atoms with Gasteiger partial charge in [-0.1, -0.05) is 60.7 Å². The first-order valence-electron chi connectivity index (χ1n) is 17.6. The van der Waals surface area contributed by atoms with Crippen LogP contribution in [0.1, 0.15) is 49.0 Å². The Labute approximate surface area is 306 Å². The van der Waals surface area contributed by atoms with Crippen molar-refractivity contribution in [2.24, 2.45) is 0 Å². The van der Waals surface area contributed by atoms with Crippen molar-refractivity contribution >= 4 is 35.0 Å². The molecule has 3 heterocycles. The number of hydrogen-bond donors (Lipinski definition) is 4. The molecule has 12 heteroatoms. The van der Waals surface area contributed by atoms with Crippen molar-refractivity contribution < 1.29 is 33.8 Å². The number of nitrogens with one attached hydrogen (secondary N) is 2. The summed E-state index contributed by atoms with van der Waals surface area (Å²) in [6.07, 6.45) is 1.28. The topological polar surface area (TPSA) is 165 Å². The minimum absolute atomic E-state index is 0.318. The minimum Gasteiger partial charge on any atom is -0.436 e. The van der Waals surface area contributed by atoms with E-state index in [-0.39, 0.29) is 11.8 Å². The Bertz CT molecular complexity index is 1920. The third-order valence-electron chi connectivity index (χ3n) is 9.72. The summed E-state index contributed by atoms with van der Waals surface area (Å²) in [6.45, 7) is 0.792. The molecule has 7 rings (SSSR count). The number of nitrogens with zero attached hydrogens (tertiary/aromatic N) is 3. The molecule has 2 saturated heterocycles. The second kappa shape index (κ2) is 15.6. The van der Waals surface area contributed by atoms with E-state index in [0.717, 1.165) is 5.56 Å². The molecule has 270 valence electrons. The quantitative estimate of drug-likeness (QED) is 0.151. The fourth-order valence-electron chi connectivity index (χ4n) is 6.88. The monoisotopic (exact) mass is 713 g/mol. The maximum Gasteiger partial charge on any atom is 0.256 e. The smallest absolute Gasteiger partial charge is 0.256 e. The third kappa shape index (κ3) is 7.74. The van der Waals surface area contributed by atoms with E-state index in [4.69, 9.17) is 4.42 Å². The van der Waals surface area contributed by atoms with E-state index in [1.54, 1.807) is 109 Å². The largest absolute Gasteiger partial charge is 0.436 e. The molecule has 4 atom stereocenters. The molecule has 4 amide bonds. The molecule has 4 N–H and O–H groups in total. The molecule has 4 aromatic carbocycles. The van der Waals surface area contributed by atoms with Gasteiger partial charge in [-0.05, 0) is 85.3 Å². The fraction of sp³-hybridized carbons (Fsp3) is 0.244. The van der Waals surface area contributed by atoms with Crippen LogP contribution in [0.5, 0.6) is 0 Å². The zero-order valence-electron chi connectivity index (χ0n) is 28.8. The number of aromatic nitrogens is 1. The van der Waals surface area contributed by atoms with Gasteiger partial charge in [-0.25, -0.2) is 4.98 Å². The number of oxazole rings is 1. The second-order valence-corrected chi connectivity index (χ2v) is 13.2. The van der Waals surface area contributed by atoms with Gasteiger partial charge < -0.3 is 35.1 Å². The number of anilines is 2. The number of amides is 4. The van der Waals surface area contributed by atoms with E-state index in [1.165, 1.54) is 9.80 Å². The number of rotatable bonds is 10. The van der Waals surface area contributed by atoms with Gasteiger partial charge in [0.15, 0.2) is 18.0 Å². The van der Waals surface area contributed by atoms with Crippen LogP contribution in [-0.2, 0) is 19.2 Å². The van der Waals surface area contributed by atoms with Gasteiger partial charge in [0.1, 0.15) is 12.1 Å². The van der Waals surface area contributed by atoms with Gasteiger partial charge in [0.2, 0.25) is 17.7 Å². The summed E-state index contributed by atoms with van der Waals surface area (Å²) >= 11 is 0. The molecule has 1 aromatic heterocycles. The van der Waals surface area contributed by atoms with Crippen LogP contribution in [0.2, 0.25) is 0 Å². The van der Waals surface area contributed by atoms with Gasteiger partial charge in [0.05, 0.1) is 6.20 Å². The standard InChI is InChI=1S/C41H39N5O7/c47-35(27-9-3-1-4-10-27)40(51)45-23-7-13-32(45)37(49)43-30-19-15-26(16-20-30)34-25-42-39(53-34)29-17-21-31(22-18-29)44-38(50)33-14-8-24-46(33)41(52)36(48)28-11-5-2-6-12-28/h1-6,9-12,15-22,25,32-33,35-36,47-48H,7-8,13-14,23-24H2,(H,43,49)(H,44,50)/t32-,33-,35+,36+/m0/s1. The predicted octanol–water partition coefficient (Wildman–Crippen LogP) is 5.33.